The summed E-state index contributed by atoms with van der Waals surface area (Å²) in [5.41, 5.74) is 4.49. The second-order valence-corrected chi connectivity index (χ2v) is 20.7. The van der Waals surface area contributed by atoms with Crippen molar-refractivity contribution in [2.75, 3.05) is 88.9 Å². The quantitative estimate of drug-likeness (QED) is 0.175. The number of benzene rings is 2. The average molecular weight is 939 g/mol. The Labute approximate surface area is 402 Å². The van der Waals surface area contributed by atoms with Gasteiger partial charge in [0.05, 0.1) is 30.0 Å². The molecule has 11 rings (SSSR count). The van der Waals surface area contributed by atoms with Crippen molar-refractivity contribution in [2.24, 2.45) is 18.9 Å². The molecule has 69 heavy (non-hydrogen) atoms. The van der Waals surface area contributed by atoms with Crippen LogP contribution in [-0.4, -0.2) is 159 Å². The van der Waals surface area contributed by atoms with Crippen LogP contribution in [0.4, 0.5) is 11.4 Å². The standard InChI is InChI=1S/C51H62N12O6/c1-58-32-52-57-44(58)25-51(30-69-31-51)36-5-2-6-37(22-36)54-47(65)42-23-38(53-46(55-42)35-7-8-35)29-61-15-3-4-34(28-61)27-59-16-13-33(14-17-59)26-60-18-20-62(21-19-60)39-9-10-40-41(24-39)50(68)63(49(40)67)43-11-12-45(64)56-48(43)66/h2,5-6,9-10,22-24,32-35,43H,3-4,7-8,11-21,25-31H2,1H3,(H,54,65)(H,56,64,66)/t34-,43?/m1/s1. The van der Waals surface area contributed by atoms with E-state index in [-0.39, 0.29) is 30.1 Å². The van der Waals surface area contributed by atoms with Gasteiger partial charge in [-0.05, 0) is 118 Å². The molecule has 2 N–H and O–H groups in total. The van der Waals surface area contributed by atoms with E-state index in [2.05, 4.69) is 52.6 Å². The molecule has 7 aliphatic rings. The lowest BCUT2D eigenvalue weighted by Gasteiger charge is -2.41. The van der Waals surface area contributed by atoms with Gasteiger partial charge >= 0.3 is 0 Å². The number of amides is 5. The molecule has 18 nitrogen and oxygen atoms in total. The number of imide groups is 2. The second kappa shape index (κ2) is 19.1. The maximum Gasteiger partial charge on any atom is 0.274 e. The largest absolute Gasteiger partial charge is 0.379 e. The van der Waals surface area contributed by atoms with Crippen LogP contribution in [-0.2, 0) is 39.8 Å². The summed E-state index contributed by atoms with van der Waals surface area (Å²) in [5.74, 6) is 1.12. The SMILES string of the molecule is Cn1cnnc1CC1(c2cccc(NC(=O)c3cc(CN4CCC[C@H](CN5CCC(CN6CCN(c7ccc8c(c7)C(=O)N(C7CCC(=O)NC7=O)C8=O)CC6)CC5)C4)nc(C4CC4)n3)c2)COC1. The highest BCUT2D eigenvalue weighted by atomic mass is 16.5. The summed E-state index contributed by atoms with van der Waals surface area (Å²) < 4.78 is 7.65. The van der Waals surface area contributed by atoms with Gasteiger partial charge in [0.25, 0.3) is 17.7 Å². The molecule has 0 spiro atoms. The van der Waals surface area contributed by atoms with Crippen molar-refractivity contribution in [1.82, 2.24) is 49.6 Å². The third-order valence-electron chi connectivity index (χ3n) is 15.7. The molecule has 18 heteroatoms. The molecule has 362 valence electrons. The summed E-state index contributed by atoms with van der Waals surface area (Å²) in [6.45, 7) is 11.9. The Morgan fingerprint density at radius 1 is 0.812 bits per heavy atom. The summed E-state index contributed by atoms with van der Waals surface area (Å²) >= 11 is 0. The topological polar surface area (TPSA) is 191 Å². The van der Waals surface area contributed by atoms with Crippen molar-refractivity contribution >= 4 is 40.9 Å². The van der Waals surface area contributed by atoms with Crippen LogP contribution in [0.3, 0.4) is 0 Å². The van der Waals surface area contributed by atoms with Gasteiger partial charge in [0.2, 0.25) is 11.8 Å². The van der Waals surface area contributed by atoms with Gasteiger partial charge in [0, 0.05) is 95.0 Å². The first-order chi connectivity index (χ1) is 33.5. The van der Waals surface area contributed by atoms with Gasteiger partial charge in [-0.1, -0.05) is 12.1 Å². The highest BCUT2D eigenvalue weighted by molar-refractivity contribution is 6.23. The number of fused-ring (bicyclic) bond motifs is 1. The fraction of sp³-hybridized carbons (Fsp3) is 0.549. The first kappa shape index (κ1) is 45.5. The minimum absolute atomic E-state index is 0.0992. The summed E-state index contributed by atoms with van der Waals surface area (Å²) in [5, 5.41) is 13.8. The van der Waals surface area contributed by atoms with E-state index in [1.54, 1.807) is 18.5 Å². The molecule has 1 saturated carbocycles. The molecule has 8 heterocycles. The highest BCUT2D eigenvalue weighted by Gasteiger charge is 2.45. The predicted octanol–water partition coefficient (Wildman–Crippen LogP) is 3.39. The third-order valence-corrected chi connectivity index (χ3v) is 15.7. The van der Waals surface area contributed by atoms with Gasteiger partial charge in [0.1, 0.15) is 29.7 Å². The first-order valence-corrected chi connectivity index (χ1v) is 25.0. The summed E-state index contributed by atoms with van der Waals surface area (Å²) in [7, 11) is 1.95. The van der Waals surface area contributed by atoms with Gasteiger partial charge in [-0.2, -0.15) is 0 Å². The summed E-state index contributed by atoms with van der Waals surface area (Å²) in [6.07, 6.45) is 9.55. The van der Waals surface area contributed by atoms with E-state index in [1.807, 2.05) is 35.9 Å². The molecule has 5 amide bonds. The average Bonchev–Trinajstić information content (AvgIpc) is 4.07. The number of hydrogen-bond donors (Lipinski definition) is 2. The van der Waals surface area contributed by atoms with E-state index in [4.69, 9.17) is 14.7 Å². The van der Waals surface area contributed by atoms with Crippen LogP contribution in [0.15, 0.2) is 54.9 Å². The third kappa shape index (κ3) is 9.68. The normalized spacial score (nSPS) is 23.8. The number of hydrogen-bond acceptors (Lipinski definition) is 14. The van der Waals surface area contributed by atoms with Crippen LogP contribution in [0.25, 0.3) is 0 Å². The van der Waals surface area contributed by atoms with Crippen LogP contribution in [0, 0.1) is 11.8 Å². The molecular formula is C51H62N12O6. The summed E-state index contributed by atoms with van der Waals surface area (Å²) in [4.78, 5) is 85.6. The van der Waals surface area contributed by atoms with E-state index in [0.717, 1.165) is 124 Å². The van der Waals surface area contributed by atoms with E-state index in [0.29, 0.717) is 60.8 Å². The Kier molecular flexibility index (Phi) is 12.6. The molecule has 6 aliphatic heterocycles. The number of rotatable bonds is 14. The predicted molar refractivity (Wildman–Crippen MR) is 255 cm³/mol. The van der Waals surface area contributed by atoms with Crippen LogP contribution in [0.1, 0.15) is 111 Å². The Morgan fingerprint density at radius 2 is 1.59 bits per heavy atom. The smallest absolute Gasteiger partial charge is 0.274 e. The number of aryl methyl sites for hydroxylation is 1. The Balaban J connectivity index is 0.641. The van der Waals surface area contributed by atoms with Crippen molar-refractivity contribution in [3.05, 3.63) is 94.6 Å². The van der Waals surface area contributed by atoms with Crippen LogP contribution >= 0.6 is 0 Å². The lowest BCUT2D eigenvalue weighted by atomic mass is 9.75. The molecule has 4 aromatic rings. The molecule has 2 aromatic heterocycles. The number of aromatic nitrogens is 5. The van der Waals surface area contributed by atoms with E-state index in [1.165, 1.54) is 19.3 Å². The van der Waals surface area contributed by atoms with Gasteiger partial charge < -0.3 is 24.4 Å². The van der Waals surface area contributed by atoms with Crippen LogP contribution < -0.4 is 15.5 Å². The number of likely N-dealkylation sites (tertiary alicyclic amines) is 2. The zero-order chi connectivity index (χ0) is 47.2. The maximum absolute atomic E-state index is 13.9. The number of nitrogens with one attached hydrogen (secondary N) is 2. The Morgan fingerprint density at radius 3 is 2.33 bits per heavy atom. The van der Waals surface area contributed by atoms with Crippen molar-refractivity contribution < 1.29 is 28.7 Å². The molecular weight excluding hydrogens is 877 g/mol. The number of ether oxygens (including phenoxy) is 1. The lowest BCUT2D eigenvalue weighted by molar-refractivity contribution is -0.136. The molecule has 2 aromatic carbocycles. The second-order valence-electron chi connectivity index (χ2n) is 20.7. The van der Waals surface area contributed by atoms with E-state index >= 15 is 0 Å². The van der Waals surface area contributed by atoms with Crippen molar-refractivity contribution in [2.45, 2.75) is 81.7 Å². The highest BCUT2D eigenvalue weighted by Crippen LogP contribution is 2.39. The van der Waals surface area contributed by atoms with E-state index in [9.17, 15) is 24.0 Å². The van der Waals surface area contributed by atoms with Gasteiger partial charge in [-0.15, -0.1) is 10.2 Å². The number of carbonyl (C=O) groups excluding carboxylic acids is 5. The maximum atomic E-state index is 13.9. The summed E-state index contributed by atoms with van der Waals surface area (Å²) in [6, 6.07) is 14.4. The Bertz CT molecular complexity index is 2630. The number of piperidine rings is 3. The van der Waals surface area contributed by atoms with Crippen molar-refractivity contribution in [3.8, 4) is 0 Å². The molecule has 0 bridgehead atoms. The van der Waals surface area contributed by atoms with Gasteiger partial charge in [-0.3, -0.25) is 44.0 Å². The molecule has 5 saturated heterocycles. The molecule has 2 atom stereocenters. The number of nitrogens with zero attached hydrogens (tertiary/aromatic N) is 10. The fourth-order valence-electron chi connectivity index (χ4n) is 11.4. The van der Waals surface area contributed by atoms with Crippen molar-refractivity contribution in [1.29, 1.82) is 0 Å². The number of anilines is 2. The number of carbonyl (C=O) groups is 5. The van der Waals surface area contributed by atoms with Gasteiger partial charge in [-0.25, -0.2) is 9.97 Å². The van der Waals surface area contributed by atoms with Crippen molar-refractivity contribution in [3.63, 3.8) is 0 Å². The van der Waals surface area contributed by atoms with Crippen LogP contribution in [0.5, 0.6) is 0 Å². The fourth-order valence-corrected chi connectivity index (χ4v) is 11.4. The van der Waals surface area contributed by atoms with E-state index < -0.39 is 23.8 Å². The zero-order valence-corrected chi connectivity index (χ0v) is 39.5. The van der Waals surface area contributed by atoms with Gasteiger partial charge in [0.15, 0.2) is 0 Å². The first-order valence-electron chi connectivity index (χ1n) is 25.0. The zero-order valence-electron chi connectivity index (χ0n) is 39.5. The monoisotopic (exact) mass is 938 g/mol. The molecule has 6 fully saturated rings. The van der Waals surface area contributed by atoms with Crippen LogP contribution in [0.2, 0.25) is 0 Å². The molecule has 1 aliphatic carbocycles. The molecule has 1 unspecified atom stereocenters. The lowest BCUT2D eigenvalue weighted by Crippen LogP contribution is -2.54. The minimum Gasteiger partial charge on any atom is -0.379 e. The Hall–Kier alpha value is -5.95. The number of piperazine rings is 1. The minimum atomic E-state index is -0.965. The molecule has 0 radical (unpaired) electrons.